The van der Waals surface area contributed by atoms with Crippen molar-refractivity contribution in [2.75, 3.05) is 20.8 Å². The third-order valence-corrected chi connectivity index (χ3v) is 6.60. The molecule has 3 aliphatic heterocycles. The van der Waals surface area contributed by atoms with Crippen molar-refractivity contribution in [1.82, 2.24) is 0 Å². The molecule has 0 fully saturated rings. The number of esters is 1. The van der Waals surface area contributed by atoms with Crippen LogP contribution in [0.15, 0.2) is 65.9 Å². The van der Waals surface area contributed by atoms with Gasteiger partial charge in [-0.05, 0) is 42.0 Å². The molecular weight excluding hydrogens is 460 g/mol. The summed E-state index contributed by atoms with van der Waals surface area (Å²) in [7, 11) is 3.09. The molecule has 3 aromatic rings. The predicted octanol–water partition coefficient (Wildman–Crippen LogP) is 5.19. The van der Waals surface area contributed by atoms with Gasteiger partial charge in [-0.15, -0.1) is 0 Å². The molecule has 0 bridgehead atoms. The molecule has 6 rings (SSSR count). The van der Waals surface area contributed by atoms with Gasteiger partial charge in [0.25, 0.3) is 0 Å². The molecule has 1 unspecified atom stereocenters. The van der Waals surface area contributed by atoms with Crippen LogP contribution >= 0.6 is 0 Å². The number of Topliss-reactive ketones (excluding diaryl/α,β-unsaturated/α-hetero) is 1. The van der Waals surface area contributed by atoms with Gasteiger partial charge in [0.1, 0.15) is 23.9 Å². The number of allylic oxidation sites excluding steroid dienone is 1. The van der Waals surface area contributed by atoms with Crippen LogP contribution in [-0.4, -0.2) is 32.6 Å². The Morgan fingerprint density at radius 2 is 1.78 bits per heavy atom. The number of hydrogen-bond acceptors (Lipinski definition) is 7. The second-order valence-corrected chi connectivity index (χ2v) is 8.65. The third-order valence-electron chi connectivity index (χ3n) is 6.60. The summed E-state index contributed by atoms with van der Waals surface area (Å²) in [6.45, 7) is 0.329. The van der Waals surface area contributed by atoms with Gasteiger partial charge in [0.2, 0.25) is 5.78 Å². The molecule has 36 heavy (non-hydrogen) atoms. The lowest BCUT2D eigenvalue weighted by Crippen LogP contribution is -2.24. The fourth-order valence-electron chi connectivity index (χ4n) is 4.92. The molecule has 0 aromatic heterocycles. The highest BCUT2D eigenvalue weighted by molar-refractivity contribution is 6.15. The van der Waals surface area contributed by atoms with Crippen LogP contribution in [0.5, 0.6) is 28.7 Å². The third kappa shape index (κ3) is 3.51. The Bertz CT molecular complexity index is 1480. The van der Waals surface area contributed by atoms with Crippen molar-refractivity contribution in [3.8, 4) is 28.7 Å². The molecule has 3 aromatic carbocycles. The fourth-order valence-corrected chi connectivity index (χ4v) is 4.92. The van der Waals surface area contributed by atoms with E-state index in [0.717, 1.165) is 16.9 Å². The first-order chi connectivity index (χ1) is 17.6. The van der Waals surface area contributed by atoms with E-state index in [-0.39, 0.29) is 29.9 Å². The highest BCUT2D eigenvalue weighted by Gasteiger charge is 2.40. The summed E-state index contributed by atoms with van der Waals surface area (Å²) in [5.41, 5.74) is 3.60. The Hall–Kier alpha value is -4.52. The number of rotatable bonds is 4. The van der Waals surface area contributed by atoms with Crippen molar-refractivity contribution in [3.63, 3.8) is 0 Å². The fraction of sp³-hybridized carbons (Fsp3) is 0.172. The Labute approximate surface area is 207 Å². The molecule has 7 heteroatoms. The molecule has 3 heterocycles. The molecular formula is C29H22O7. The molecule has 0 radical (unpaired) electrons. The van der Waals surface area contributed by atoms with Gasteiger partial charge in [-0.2, -0.15) is 0 Å². The Morgan fingerprint density at radius 1 is 0.917 bits per heavy atom. The van der Waals surface area contributed by atoms with Crippen LogP contribution in [0.3, 0.4) is 0 Å². The van der Waals surface area contributed by atoms with Crippen molar-refractivity contribution < 1.29 is 33.3 Å². The van der Waals surface area contributed by atoms with Crippen molar-refractivity contribution >= 4 is 23.9 Å². The van der Waals surface area contributed by atoms with Gasteiger partial charge in [-0.25, -0.2) is 0 Å². The molecule has 0 saturated carbocycles. The number of carbonyl (C=O) groups excluding carboxylic acids is 2. The first-order valence-electron chi connectivity index (χ1n) is 11.5. The second kappa shape index (κ2) is 8.61. The summed E-state index contributed by atoms with van der Waals surface area (Å²) in [4.78, 5) is 25.8. The molecule has 3 aliphatic rings. The van der Waals surface area contributed by atoms with E-state index < -0.39 is 0 Å². The zero-order valence-electron chi connectivity index (χ0n) is 19.7. The summed E-state index contributed by atoms with van der Waals surface area (Å²) in [6.07, 6.45) is 3.81. The van der Waals surface area contributed by atoms with E-state index in [0.29, 0.717) is 46.3 Å². The number of fused-ring (bicyclic) bond motifs is 4. The maximum Gasteiger partial charge on any atom is 0.312 e. The SMILES string of the molecule is COc1cccc(C=C2Oc3c(ccc4c3C(C3=Cc5ccccc5OC3)CC(=O)O4)C2=O)c1OC. The normalized spacial score (nSPS) is 18.8. The number of benzene rings is 3. The first-order valence-corrected chi connectivity index (χ1v) is 11.5. The van der Waals surface area contributed by atoms with Crippen molar-refractivity contribution in [2.24, 2.45) is 0 Å². The van der Waals surface area contributed by atoms with Gasteiger partial charge in [-0.1, -0.05) is 30.3 Å². The highest BCUT2D eigenvalue weighted by atomic mass is 16.5. The van der Waals surface area contributed by atoms with E-state index >= 15 is 0 Å². The van der Waals surface area contributed by atoms with Gasteiger partial charge in [0.05, 0.1) is 26.2 Å². The molecule has 0 spiro atoms. The smallest absolute Gasteiger partial charge is 0.312 e. The summed E-state index contributed by atoms with van der Waals surface area (Å²) in [6, 6.07) is 16.4. The molecule has 0 N–H and O–H groups in total. The molecule has 7 nitrogen and oxygen atoms in total. The zero-order chi connectivity index (χ0) is 24.8. The first kappa shape index (κ1) is 22.0. The minimum atomic E-state index is -0.344. The average Bonchev–Trinajstić information content (AvgIpc) is 3.22. The molecule has 0 aliphatic carbocycles. The Balaban J connectivity index is 1.44. The number of ketones is 1. The number of hydrogen-bond donors (Lipinski definition) is 0. The summed E-state index contributed by atoms with van der Waals surface area (Å²) in [5.74, 6) is 1.84. The molecule has 0 saturated heterocycles. The minimum Gasteiger partial charge on any atom is -0.493 e. The van der Waals surface area contributed by atoms with Gasteiger partial charge >= 0.3 is 5.97 Å². The zero-order valence-corrected chi connectivity index (χ0v) is 19.7. The van der Waals surface area contributed by atoms with E-state index in [1.807, 2.05) is 42.5 Å². The summed E-state index contributed by atoms with van der Waals surface area (Å²) >= 11 is 0. The minimum absolute atomic E-state index is 0.126. The Morgan fingerprint density at radius 3 is 2.61 bits per heavy atom. The van der Waals surface area contributed by atoms with Crippen molar-refractivity contribution in [3.05, 3.63) is 88.2 Å². The topological polar surface area (TPSA) is 80.3 Å². The van der Waals surface area contributed by atoms with Crippen molar-refractivity contribution in [1.29, 1.82) is 0 Å². The van der Waals surface area contributed by atoms with E-state index in [1.54, 1.807) is 38.5 Å². The average molecular weight is 482 g/mol. The molecule has 0 amide bonds. The lowest BCUT2D eigenvalue weighted by molar-refractivity contribution is -0.135. The van der Waals surface area contributed by atoms with Gasteiger partial charge in [0, 0.05) is 22.6 Å². The maximum absolute atomic E-state index is 13.3. The van der Waals surface area contributed by atoms with E-state index in [9.17, 15) is 9.59 Å². The lowest BCUT2D eigenvalue weighted by Gasteiger charge is -2.30. The van der Waals surface area contributed by atoms with E-state index in [2.05, 4.69) is 0 Å². The quantitative estimate of drug-likeness (QED) is 0.288. The Kier molecular flexibility index (Phi) is 5.25. The van der Waals surface area contributed by atoms with Crippen LogP contribution in [0.4, 0.5) is 0 Å². The van der Waals surface area contributed by atoms with Crippen LogP contribution < -0.4 is 23.7 Å². The lowest BCUT2D eigenvalue weighted by atomic mass is 9.83. The number of para-hydroxylation sites is 2. The van der Waals surface area contributed by atoms with Gasteiger partial charge in [-0.3, -0.25) is 9.59 Å². The maximum atomic E-state index is 13.3. The van der Waals surface area contributed by atoms with Crippen molar-refractivity contribution in [2.45, 2.75) is 12.3 Å². The van der Waals surface area contributed by atoms with Crippen LogP contribution in [0.1, 0.15) is 39.4 Å². The highest BCUT2D eigenvalue weighted by Crippen LogP contribution is 2.50. The van der Waals surface area contributed by atoms with Crippen LogP contribution in [-0.2, 0) is 4.79 Å². The standard InChI is InChI=1S/C29H22O7/c1-32-23-9-5-7-17(28(23)33-2)13-24-27(31)19-10-11-22-26(29(19)36-24)20(14-25(30)35-22)18-12-16-6-3-4-8-21(16)34-15-18/h3-13,20H,14-15H2,1-2H3. The molecule has 180 valence electrons. The van der Waals surface area contributed by atoms with Crippen LogP contribution in [0, 0.1) is 0 Å². The monoisotopic (exact) mass is 482 g/mol. The number of ether oxygens (including phenoxy) is 5. The van der Waals surface area contributed by atoms with E-state index in [4.69, 9.17) is 23.7 Å². The number of methoxy groups -OCH3 is 2. The molecule has 1 atom stereocenters. The largest absolute Gasteiger partial charge is 0.493 e. The predicted molar refractivity (Wildman–Crippen MR) is 132 cm³/mol. The number of carbonyl (C=O) groups is 2. The van der Waals surface area contributed by atoms with Gasteiger partial charge in [0.15, 0.2) is 17.3 Å². The van der Waals surface area contributed by atoms with Gasteiger partial charge < -0.3 is 23.7 Å². The second-order valence-electron chi connectivity index (χ2n) is 8.65. The van der Waals surface area contributed by atoms with Crippen LogP contribution in [0.25, 0.3) is 12.2 Å². The van der Waals surface area contributed by atoms with Crippen LogP contribution in [0.2, 0.25) is 0 Å². The summed E-state index contributed by atoms with van der Waals surface area (Å²) in [5, 5.41) is 0. The van der Waals surface area contributed by atoms with E-state index in [1.165, 1.54) is 0 Å². The summed E-state index contributed by atoms with van der Waals surface area (Å²) < 4.78 is 28.6.